The zero-order valence-electron chi connectivity index (χ0n) is 7.83. The fourth-order valence-electron chi connectivity index (χ4n) is 0.967. The molecule has 1 nitrogen and oxygen atoms in total. The van der Waals surface area contributed by atoms with Crippen LogP contribution in [0, 0.1) is 5.41 Å². The van der Waals surface area contributed by atoms with Crippen LogP contribution in [0.2, 0.25) is 0 Å². The maximum atomic E-state index is 6.13. The molecule has 0 aliphatic carbocycles. The molecule has 68 valence electrons. The Labute approximate surface area is 79.2 Å². The van der Waals surface area contributed by atoms with E-state index in [0.717, 1.165) is 0 Å². The van der Waals surface area contributed by atoms with Gasteiger partial charge < -0.3 is 5.73 Å². The summed E-state index contributed by atoms with van der Waals surface area (Å²) < 4.78 is -0.903. The minimum absolute atomic E-state index is 0.214. The molecule has 0 spiro atoms. The average molecular weight is 198 g/mol. The van der Waals surface area contributed by atoms with E-state index >= 15 is 0 Å². The number of hydrogen-bond donors (Lipinski definition) is 1. The van der Waals surface area contributed by atoms with Crippen molar-refractivity contribution in [2.45, 2.75) is 44.5 Å². The first-order chi connectivity index (χ1) is 4.50. The zero-order valence-corrected chi connectivity index (χ0v) is 9.35. The summed E-state index contributed by atoms with van der Waals surface area (Å²) in [6, 6.07) is 0. The predicted octanol–water partition coefficient (Wildman–Crippen LogP) is 2.94. The number of nitrogens with two attached hydrogens (primary N) is 1. The van der Waals surface area contributed by atoms with Crippen LogP contribution >= 0.6 is 23.2 Å². The van der Waals surface area contributed by atoms with Gasteiger partial charge in [-0.25, -0.2) is 0 Å². The molecule has 0 radical (unpaired) electrons. The summed E-state index contributed by atoms with van der Waals surface area (Å²) in [5, 5.41) is 0. The van der Waals surface area contributed by atoms with Crippen molar-refractivity contribution >= 4 is 23.2 Å². The standard InChI is InChI=1S/C8H17Cl2N/c1-6(2,3)8(9,10)7(4,5)11/h11H2,1-5H3. The second-order valence-corrected chi connectivity index (χ2v) is 5.87. The third-order valence-corrected chi connectivity index (χ3v) is 3.86. The van der Waals surface area contributed by atoms with Crippen LogP contribution in [0.4, 0.5) is 0 Å². The number of hydrogen-bond acceptors (Lipinski definition) is 1. The molecule has 0 aromatic carbocycles. The first-order valence-corrected chi connectivity index (χ1v) is 4.42. The molecule has 0 aromatic heterocycles. The van der Waals surface area contributed by atoms with E-state index in [1.807, 2.05) is 34.6 Å². The molecule has 2 N–H and O–H groups in total. The Morgan fingerprint density at radius 2 is 1.18 bits per heavy atom. The van der Waals surface area contributed by atoms with E-state index in [0.29, 0.717) is 0 Å². The van der Waals surface area contributed by atoms with E-state index in [2.05, 4.69) is 0 Å². The van der Waals surface area contributed by atoms with Crippen LogP contribution in [0.25, 0.3) is 0 Å². The highest BCUT2D eigenvalue weighted by Gasteiger charge is 2.48. The summed E-state index contributed by atoms with van der Waals surface area (Å²) in [4.78, 5) is 0. The maximum absolute atomic E-state index is 6.13. The Morgan fingerprint density at radius 1 is 0.909 bits per heavy atom. The van der Waals surface area contributed by atoms with Crippen LogP contribution in [-0.4, -0.2) is 9.87 Å². The topological polar surface area (TPSA) is 26.0 Å². The van der Waals surface area contributed by atoms with Gasteiger partial charge in [0.1, 0.15) is 4.33 Å². The second kappa shape index (κ2) is 2.79. The highest BCUT2D eigenvalue weighted by atomic mass is 35.5. The first-order valence-electron chi connectivity index (χ1n) is 3.67. The van der Waals surface area contributed by atoms with E-state index in [9.17, 15) is 0 Å². The maximum Gasteiger partial charge on any atom is 0.140 e. The van der Waals surface area contributed by atoms with Gasteiger partial charge >= 0.3 is 0 Å². The molecule has 0 rings (SSSR count). The van der Waals surface area contributed by atoms with Crippen molar-refractivity contribution in [2.24, 2.45) is 11.1 Å². The highest BCUT2D eigenvalue weighted by molar-refractivity contribution is 6.49. The minimum atomic E-state index is -0.903. The molecular weight excluding hydrogens is 181 g/mol. The van der Waals surface area contributed by atoms with E-state index in [1.165, 1.54) is 0 Å². The Kier molecular flexibility index (Phi) is 2.93. The third-order valence-electron chi connectivity index (χ3n) is 1.75. The van der Waals surface area contributed by atoms with Gasteiger partial charge in [-0.1, -0.05) is 44.0 Å². The molecule has 0 aliphatic rings. The summed E-state index contributed by atoms with van der Waals surface area (Å²) in [7, 11) is 0. The molecule has 0 fully saturated rings. The van der Waals surface area contributed by atoms with Crippen LogP contribution in [0.3, 0.4) is 0 Å². The molecular formula is C8H17Cl2N. The van der Waals surface area contributed by atoms with E-state index < -0.39 is 9.87 Å². The second-order valence-electron chi connectivity index (χ2n) is 4.55. The largest absolute Gasteiger partial charge is 0.323 e. The van der Waals surface area contributed by atoms with Crippen LogP contribution in [0.5, 0.6) is 0 Å². The van der Waals surface area contributed by atoms with Gasteiger partial charge in [0, 0.05) is 5.54 Å². The van der Waals surface area contributed by atoms with Crippen LogP contribution < -0.4 is 5.73 Å². The fourth-order valence-corrected chi connectivity index (χ4v) is 0.967. The van der Waals surface area contributed by atoms with Gasteiger partial charge in [0.25, 0.3) is 0 Å². The first kappa shape index (κ1) is 11.5. The molecule has 0 amide bonds. The summed E-state index contributed by atoms with van der Waals surface area (Å²) in [6.45, 7) is 9.58. The Bertz CT molecular complexity index is 123. The molecule has 11 heavy (non-hydrogen) atoms. The summed E-state index contributed by atoms with van der Waals surface area (Å²) >= 11 is 12.3. The Morgan fingerprint density at radius 3 is 1.18 bits per heavy atom. The SMILES string of the molecule is CC(C)(C)C(Cl)(Cl)C(C)(C)N. The van der Waals surface area contributed by atoms with Crippen molar-refractivity contribution in [1.29, 1.82) is 0 Å². The third kappa shape index (κ3) is 2.24. The molecule has 0 aromatic rings. The quantitative estimate of drug-likeness (QED) is 0.644. The average Bonchev–Trinajstić information content (AvgIpc) is 1.58. The Balaban J connectivity index is 4.75. The molecule has 0 atom stereocenters. The van der Waals surface area contributed by atoms with Gasteiger partial charge in [-0.3, -0.25) is 0 Å². The normalized spacial score (nSPS) is 15.3. The number of rotatable bonds is 1. The molecule has 0 saturated carbocycles. The van der Waals surface area contributed by atoms with E-state index in [-0.39, 0.29) is 5.41 Å². The van der Waals surface area contributed by atoms with Gasteiger partial charge in [0.05, 0.1) is 0 Å². The van der Waals surface area contributed by atoms with Gasteiger partial charge in [0.2, 0.25) is 0 Å². The van der Waals surface area contributed by atoms with Crippen molar-refractivity contribution in [3.8, 4) is 0 Å². The lowest BCUT2D eigenvalue weighted by atomic mass is 9.81. The van der Waals surface area contributed by atoms with Gasteiger partial charge in [-0.05, 0) is 19.3 Å². The van der Waals surface area contributed by atoms with Crippen LogP contribution in [-0.2, 0) is 0 Å². The fraction of sp³-hybridized carbons (Fsp3) is 1.00. The van der Waals surface area contributed by atoms with Crippen molar-refractivity contribution in [3.05, 3.63) is 0 Å². The summed E-state index contributed by atoms with van der Waals surface area (Å²) in [5.41, 5.74) is 5.03. The van der Waals surface area contributed by atoms with Crippen molar-refractivity contribution in [3.63, 3.8) is 0 Å². The number of alkyl halides is 2. The van der Waals surface area contributed by atoms with E-state index in [1.54, 1.807) is 0 Å². The Hall–Kier alpha value is 0.540. The summed E-state index contributed by atoms with van der Waals surface area (Å²) in [6.07, 6.45) is 0. The smallest absolute Gasteiger partial charge is 0.140 e. The summed E-state index contributed by atoms with van der Waals surface area (Å²) in [5.74, 6) is 0. The van der Waals surface area contributed by atoms with Crippen molar-refractivity contribution in [1.82, 2.24) is 0 Å². The lowest BCUT2D eigenvalue weighted by Gasteiger charge is -2.43. The molecule has 0 saturated heterocycles. The van der Waals surface area contributed by atoms with E-state index in [4.69, 9.17) is 28.9 Å². The van der Waals surface area contributed by atoms with Gasteiger partial charge in [0.15, 0.2) is 0 Å². The molecule has 0 bridgehead atoms. The predicted molar refractivity (Wildman–Crippen MR) is 52.2 cm³/mol. The number of halogens is 2. The lowest BCUT2D eigenvalue weighted by molar-refractivity contribution is 0.260. The minimum Gasteiger partial charge on any atom is -0.323 e. The molecule has 3 heteroatoms. The van der Waals surface area contributed by atoms with Crippen molar-refractivity contribution < 1.29 is 0 Å². The van der Waals surface area contributed by atoms with Crippen LogP contribution in [0.1, 0.15) is 34.6 Å². The van der Waals surface area contributed by atoms with Gasteiger partial charge in [-0.15, -0.1) is 0 Å². The highest BCUT2D eigenvalue weighted by Crippen LogP contribution is 2.46. The molecule has 0 aliphatic heterocycles. The molecule has 0 unspecified atom stereocenters. The molecule has 0 heterocycles. The van der Waals surface area contributed by atoms with Crippen molar-refractivity contribution in [2.75, 3.05) is 0 Å². The zero-order chi connectivity index (χ0) is 9.50. The van der Waals surface area contributed by atoms with Crippen LogP contribution in [0.15, 0.2) is 0 Å². The monoisotopic (exact) mass is 197 g/mol. The lowest BCUT2D eigenvalue weighted by Crippen LogP contribution is -2.55. The van der Waals surface area contributed by atoms with Gasteiger partial charge in [-0.2, -0.15) is 0 Å².